The monoisotopic (exact) mass is 419 g/mol. The quantitative estimate of drug-likeness (QED) is 0.736. The van der Waals surface area contributed by atoms with Crippen LogP contribution in [0.25, 0.3) is 5.57 Å². The number of hydrogen-bond acceptors (Lipinski definition) is 4. The lowest BCUT2D eigenvalue weighted by Gasteiger charge is -2.37. The summed E-state index contributed by atoms with van der Waals surface area (Å²) in [6, 6.07) is 15.5. The second-order valence-corrected chi connectivity index (χ2v) is 8.63. The Morgan fingerprint density at radius 2 is 1.81 bits per heavy atom. The minimum Gasteiger partial charge on any atom is -0.427 e. The van der Waals surface area contributed by atoms with E-state index in [0.29, 0.717) is 24.2 Å². The first kappa shape index (κ1) is 21.3. The Bertz CT molecular complexity index is 1020. The molecular weight excluding hydrogens is 390 g/mol. The topological polar surface area (TPSA) is 64.6 Å². The highest BCUT2D eigenvalue weighted by Gasteiger charge is 2.50. The van der Waals surface area contributed by atoms with Crippen LogP contribution in [0, 0.1) is 13.8 Å². The van der Waals surface area contributed by atoms with Crippen molar-refractivity contribution in [2.75, 3.05) is 7.11 Å². The van der Waals surface area contributed by atoms with Crippen LogP contribution < -0.4 is 5.32 Å². The smallest absolute Gasteiger partial charge is 0.315 e. The van der Waals surface area contributed by atoms with Crippen molar-refractivity contribution in [2.24, 2.45) is 0 Å². The fraction of sp³-hybridized carbons (Fsp3) is 0.385. The first-order chi connectivity index (χ1) is 14.9. The molecule has 4 rings (SSSR count). The molecule has 0 bridgehead atoms. The Balaban J connectivity index is 1.74. The molecule has 1 spiro atoms. The molecule has 0 unspecified atom stereocenters. The van der Waals surface area contributed by atoms with Crippen molar-refractivity contribution in [3.63, 3.8) is 0 Å². The van der Waals surface area contributed by atoms with Gasteiger partial charge >= 0.3 is 5.97 Å². The van der Waals surface area contributed by atoms with Gasteiger partial charge in [-0.25, -0.2) is 0 Å². The Hall–Kier alpha value is -2.92. The Morgan fingerprint density at radius 3 is 2.48 bits per heavy atom. The summed E-state index contributed by atoms with van der Waals surface area (Å²) < 4.78 is 11.6. The van der Waals surface area contributed by atoms with Gasteiger partial charge in [-0.2, -0.15) is 0 Å². The molecule has 0 aromatic heterocycles. The summed E-state index contributed by atoms with van der Waals surface area (Å²) in [5.41, 5.74) is 3.57. The van der Waals surface area contributed by atoms with Crippen molar-refractivity contribution >= 4 is 17.4 Å². The van der Waals surface area contributed by atoms with Crippen molar-refractivity contribution < 1.29 is 19.1 Å². The van der Waals surface area contributed by atoms with Gasteiger partial charge < -0.3 is 14.8 Å². The Morgan fingerprint density at radius 1 is 1.10 bits per heavy atom. The van der Waals surface area contributed by atoms with E-state index < -0.39 is 5.54 Å². The maximum atomic E-state index is 13.2. The first-order valence-corrected chi connectivity index (χ1v) is 10.8. The van der Waals surface area contributed by atoms with E-state index in [0.717, 1.165) is 35.1 Å². The maximum absolute atomic E-state index is 13.2. The van der Waals surface area contributed by atoms with Crippen molar-refractivity contribution in [3.8, 4) is 0 Å². The number of hydrogen-bond donors (Lipinski definition) is 1. The highest BCUT2D eigenvalue weighted by Crippen LogP contribution is 2.44. The number of ether oxygens (including phenoxy) is 2. The number of rotatable bonds is 5. The van der Waals surface area contributed by atoms with Gasteiger partial charge in [0.15, 0.2) is 0 Å². The summed E-state index contributed by atoms with van der Waals surface area (Å²) >= 11 is 0. The molecule has 0 saturated heterocycles. The van der Waals surface area contributed by atoms with Crippen LogP contribution in [-0.2, 0) is 25.5 Å². The second-order valence-electron chi connectivity index (χ2n) is 8.63. The molecular formula is C26H29NO4. The van der Waals surface area contributed by atoms with Crippen molar-refractivity contribution in [3.05, 3.63) is 76.5 Å². The van der Waals surface area contributed by atoms with Crippen LogP contribution >= 0.6 is 0 Å². The fourth-order valence-electron chi connectivity index (χ4n) is 4.66. The van der Waals surface area contributed by atoms with Gasteiger partial charge in [-0.1, -0.05) is 54.1 Å². The van der Waals surface area contributed by atoms with Crippen molar-refractivity contribution in [1.29, 1.82) is 0 Å². The zero-order valence-corrected chi connectivity index (χ0v) is 18.4. The largest absolute Gasteiger partial charge is 0.427 e. The lowest BCUT2D eigenvalue weighted by molar-refractivity contribution is -0.140. The zero-order valence-electron chi connectivity index (χ0n) is 18.4. The summed E-state index contributed by atoms with van der Waals surface area (Å²) in [6.07, 6.45) is 3.29. The average Bonchev–Trinajstić information content (AvgIpc) is 3.01. The third-order valence-electron chi connectivity index (χ3n) is 6.43. The SMILES string of the molecule is COC1CCC2(CC1)NC(=O)C(c1cc(C)ccc1C)=C2OC(=O)Cc1ccccc1. The molecule has 1 amide bonds. The summed E-state index contributed by atoms with van der Waals surface area (Å²) in [7, 11) is 1.72. The molecule has 1 aliphatic heterocycles. The van der Waals surface area contributed by atoms with Crippen LogP contribution in [0.2, 0.25) is 0 Å². The van der Waals surface area contributed by atoms with Crippen LogP contribution in [0.4, 0.5) is 0 Å². The summed E-state index contributed by atoms with van der Waals surface area (Å²) in [5.74, 6) is -0.0532. The molecule has 1 heterocycles. The molecule has 2 aromatic rings. The van der Waals surface area contributed by atoms with E-state index in [-0.39, 0.29) is 24.4 Å². The minimum atomic E-state index is -0.663. The standard InChI is InChI=1S/C26H29NO4/c1-17-9-10-18(2)21(15-17)23-24(31-22(28)16-19-7-5-4-6-8-19)26(27-25(23)29)13-11-20(30-3)12-14-26/h4-10,15,20H,11-14,16H2,1-3H3,(H,27,29). The molecule has 0 atom stereocenters. The highest BCUT2D eigenvalue weighted by molar-refractivity contribution is 6.24. The second kappa shape index (κ2) is 8.67. The van der Waals surface area contributed by atoms with Crippen LogP contribution in [0.3, 0.4) is 0 Å². The molecule has 5 heteroatoms. The summed E-state index contributed by atoms with van der Waals surface area (Å²) in [6.45, 7) is 3.97. The molecule has 1 fully saturated rings. The minimum absolute atomic E-state index is 0.161. The molecule has 5 nitrogen and oxygen atoms in total. The number of esters is 1. The summed E-state index contributed by atoms with van der Waals surface area (Å²) in [5, 5.41) is 3.18. The van der Waals surface area contributed by atoms with E-state index in [9.17, 15) is 9.59 Å². The van der Waals surface area contributed by atoms with Gasteiger partial charge in [-0.05, 0) is 56.2 Å². The average molecular weight is 420 g/mol. The van der Waals surface area contributed by atoms with E-state index in [1.165, 1.54) is 0 Å². The van der Waals surface area contributed by atoms with E-state index in [1.807, 2.05) is 62.4 Å². The third kappa shape index (κ3) is 4.28. The number of methoxy groups -OCH3 is 1. The highest BCUT2D eigenvalue weighted by atomic mass is 16.5. The van der Waals surface area contributed by atoms with Gasteiger partial charge in [-0.3, -0.25) is 9.59 Å². The molecule has 162 valence electrons. The Kier molecular flexibility index (Phi) is 5.96. The summed E-state index contributed by atoms with van der Waals surface area (Å²) in [4.78, 5) is 26.2. The van der Waals surface area contributed by atoms with Crippen LogP contribution in [0.1, 0.15) is 47.9 Å². The fourth-order valence-corrected chi connectivity index (χ4v) is 4.66. The van der Waals surface area contributed by atoms with Gasteiger partial charge in [0, 0.05) is 7.11 Å². The van der Waals surface area contributed by atoms with Crippen LogP contribution in [0.5, 0.6) is 0 Å². The molecule has 31 heavy (non-hydrogen) atoms. The van der Waals surface area contributed by atoms with Crippen molar-refractivity contribution in [1.82, 2.24) is 5.32 Å². The molecule has 1 saturated carbocycles. The zero-order chi connectivity index (χ0) is 22.0. The number of carbonyl (C=O) groups excluding carboxylic acids is 2. The van der Waals surface area contributed by atoms with Crippen LogP contribution in [0.15, 0.2) is 54.3 Å². The van der Waals surface area contributed by atoms with Gasteiger partial charge in [-0.15, -0.1) is 0 Å². The number of nitrogens with one attached hydrogen (secondary N) is 1. The lowest BCUT2D eigenvalue weighted by Crippen LogP contribution is -2.49. The molecule has 1 aliphatic carbocycles. The van der Waals surface area contributed by atoms with E-state index in [4.69, 9.17) is 9.47 Å². The van der Waals surface area contributed by atoms with E-state index in [2.05, 4.69) is 5.32 Å². The van der Waals surface area contributed by atoms with Gasteiger partial charge in [0.05, 0.1) is 23.6 Å². The van der Waals surface area contributed by atoms with Gasteiger partial charge in [0.1, 0.15) is 5.76 Å². The van der Waals surface area contributed by atoms with Crippen LogP contribution in [-0.4, -0.2) is 30.6 Å². The predicted molar refractivity (Wildman–Crippen MR) is 119 cm³/mol. The maximum Gasteiger partial charge on any atom is 0.315 e. The first-order valence-electron chi connectivity index (χ1n) is 10.8. The number of amides is 1. The van der Waals surface area contributed by atoms with Gasteiger partial charge in [0.2, 0.25) is 0 Å². The number of aryl methyl sites for hydroxylation is 2. The molecule has 2 aromatic carbocycles. The molecule has 0 radical (unpaired) electrons. The lowest BCUT2D eigenvalue weighted by atomic mass is 9.79. The Labute approximate surface area is 183 Å². The number of benzene rings is 2. The van der Waals surface area contributed by atoms with Crippen molar-refractivity contribution in [2.45, 2.75) is 57.6 Å². The number of carbonyl (C=O) groups is 2. The molecule has 2 aliphatic rings. The predicted octanol–water partition coefficient (Wildman–Crippen LogP) is 4.26. The van der Waals surface area contributed by atoms with E-state index in [1.54, 1.807) is 7.11 Å². The molecule has 1 N–H and O–H groups in total. The van der Waals surface area contributed by atoms with Gasteiger partial charge in [0.25, 0.3) is 5.91 Å². The normalized spacial score (nSPS) is 23.2. The third-order valence-corrected chi connectivity index (χ3v) is 6.43. The van der Waals surface area contributed by atoms with E-state index >= 15 is 0 Å².